The van der Waals surface area contributed by atoms with Gasteiger partial charge < -0.3 is 0 Å². The summed E-state index contributed by atoms with van der Waals surface area (Å²) in [5.41, 5.74) is 1.07. The fraction of sp³-hybridized carbons (Fsp3) is 0.444. The van der Waals surface area contributed by atoms with Crippen molar-refractivity contribution >= 4 is 0 Å². The van der Waals surface area contributed by atoms with Crippen molar-refractivity contribution in [3.8, 4) is 0 Å². The van der Waals surface area contributed by atoms with Gasteiger partial charge in [-0.1, -0.05) is 26.3 Å². The van der Waals surface area contributed by atoms with E-state index in [0.29, 0.717) is 0 Å². The summed E-state index contributed by atoms with van der Waals surface area (Å²) in [7, 11) is 0. The molecule has 1 heteroatoms. The molecule has 0 aromatic carbocycles. The number of pyridine rings is 1. The normalized spacial score (nSPS) is 7.90. The molecule has 1 nitrogen and oxygen atoms in total. The second-order valence-electron chi connectivity index (χ2n) is 2.18. The van der Waals surface area contributed by atoms with Gasteiger partial charge in [-0.2, -0.15) is 0 Å². The Morgan fingerprint density at radius 1 is 1.30 bits per heavy atom. The average Bonchev–Trinajstić information content (AvgIpc) is 1.91. The Bertz CT molecular complexity index is 146. The van der Waals surface area contributed by atoms with Crippen LogP contribution in [0.25, 0.3) is 0 Å². The van der Waals surface area contributed by atoms with E-state index in [1.807, 2.05) is 25.1 Å². The molecule has 1 heterocycles. The van der Waals surface area contributed by atoms with Gasteiger partial charge in [0.1, 0.15) is 0 Å². The minimum atomic E-state index is 1.07. The van der Waals surface area contributed by atoms with E-state index in [2.05, 4.69) is 18.8 Å². The Balaban J connectivity index is 0.000000236. The molecule has 0 amide bonds. The molecule has 0 aliphatic carbocycles. The van der Waals surface area contributed by atoms with Crippen molar-refractivity contribution in [2.24, 2.45) is 0 Å². The summed E-state index contributed by atoms with van der Waals surface area (Å²) in [6.07, 6.45) is 3.04. The number of nitrogens with zero attached hydrogens (tertiary/aromatic N) is 1. The van der Waals surface area contributed by atoms with Crippen molar-refractivity contribution in [3.63, 3.8) is 0 Å². The zero-order chi connectivity index (χ0) is 7.82. The third-order valence-electron chi connectivity index (χ3n) is 0.813. The largest absolute Gasteiger partial charge is 0.262 e. The molecular weight excluding hydrogens is 122 g/mol. The van der Waals surface area contributed by atoms with Crippen LogP contribution in [0.5, 0.6) is 0 Å². The number of aromatic nitrogens is 1. The first-order chi connectivity index (χ1) is 4.81. The number of aryl methyl sites for hydroxylation is 1. The summed E-state index contributed by atoms with van der Waals surface area (Å²) in [6, 6.07) is 5.86. The summed E-state index contributed by atoms with van der Waals surface area (Å²) >= 11 is 0. The molecule has 0 radical (unpaired) electrons. The highest BCUT2D eigenvalue weighted by molar-refractivity contribution is 4.99. The standard InChI is InChI=1S/C6H7N.C3H8/c1-6-4-2-3-5-7-6;1-3-2/h2-5H,1H3;3H2,1-2H3. The smallest absolute Gasteiger partial charge is 0.0372 e. The molecular formula is C9H15N. The maximum atomic E-state index is 3.98. The van der Waals surface area contributed by atoms with Gasteiger partial charge in [0, 0.05) is 11.9 Å². The van der Waals surface area contributed by atoms with Gasteiger partial charge in [-0.3, -0.25) is 4.98 Å². The minimum absolute atomic E-state index is 1.07. The number of rotatable bonds is 0. The Hall–Kier alpha value is -0.850. The van der Waals surface area contributed by atoms with Crippen LogP contribution in [0.4, 0.5) is 0 Å². The van der Waals surface area contributed by atoms with E-state index in [1.54, 1.807) is 6.20 Å². The first-order valence-electron chi connectivity index (χ1n) is 3.68. The molecule has 1 aromatic rings. The van der Waals surface area contributed by atoms with Gasteiger partial charge in [0.15, 0.2) is 0 Å². The topological polar surface area (TPSA) is 12.9 Å². The molecule has 0 fully saturated rings. The molecule has 0 unspecified atom stereocenters. The summed E-state index contributed by atoms with van der Waals surface area (Å²) in [5, 5.41) is 0. The van der Waals surface area contributed by atoms with E-state index in [0.717, 1.165) is 5.69 Å². The van der Waals surface area contributed by atoms with Crippen LogP contribution in [0.3, 0.4) is 0 Å². The SMILES string of the molecule is CCC.Cc1ccccn1. The lowest BCUT2D eigenvalue weighted by atomic mass is 10.4. The molecule has 56 valence electrons. The van der Waals surface area contributed by atoms with Crippen LogP contribution in [0.2, 0.25) is 0 Å². The van der Waals surface area contributed by atoms with Crippen LogP contribution in [-0.4, -0.2) is 4.98 Å². The lowest BCUT2D eigenvalue weighted by Crippen LogP contribution is -1.72. The van der Waals surface area contributed by atoms with Crippen molar-refractivity contribution in [1.29, 1.82) is 0 Å². The second-order valence-corrected chi connectivity index (χ2v) is 2.18. The first kappa shape index (κ1) is 9.15. The minimum Gasteiger partial charge on any atom is -0.262 e. The maximum absolute atomic E-state index is 3.98. The Morgan fingerprint density at radius 2 is 1.90 bits per heavy atom. The third kappa shape index (κ3) is 5.29. The molecule has 0 bridgehead atoms. The monoisotopic (exact) mass is 137 g/mol. The zero-order valence-corrected chi connectivity index (χ0v) is 6.96. The molecule has 0 atom stereocenters. The third-order valence-corrected chi connectivity index (χ3v) is 0.813. The molecule has 0 saturated heterocycles. The van der Waals surface area contributed by atoms with Gasteiger partial charge in [0.2, 0.25) is 0 Å². The van der Waals surface area contributed by atoms with E-state index < -0.39 is 0 Å². The van der Waals surface area contributed by atoms with Crippen molar-refractivity contribution in [1.82, 2.24) is 4.98 Å². The first-order valence-corrected chi connectivity index (χ1v) is 3.68. The van der Waals surface area contributed by atoms with Crippen molar-refractivity contribution < 1.29 is 0 Å². The predicted molar refractivity (Wildman–Crippen MR) is 44.9 cm³/mol. The number of hydrogen-bond acceptors (Lipinski definition) is 1. The van der Waals surface area contributed by atoms with Crippen LogP contribution in [0, 0.1) is 6.92 Å². The van der Waals surface area contributed by atoms with E-state index >= 15 is 0 Å². The lowest BCUT2D eigenvalue weighted by Gasteiger charge is -1.82. The van der Waals surface area contributed by atoms with Crippen molar-refractivity contribution in [3.05, 3.63) is 30.1 Å². The van der Waals surface area contributed by atoms with Crippen molar-refractivity contribution in [2.75, 3.05) is 0 Å². The van der Waals surface area contributed by atoms with E-state index in [9.17, 15) is 0 Å². The Labute approximate surface area is 63.1 Å². The summed E-state index contributed by atoms with van der Waals surface area (Å²) < 4.78 is 0. The predicted octanol–water partition coefficient (Wildman–Crippen LogP) is 2.81. The molecule has 0 spiro atoms. The van der Waals surface area contributed by atoms with Gasteiger partial charge in [-0.05, 0) is 19.1 Å². The van der Waals surface area contributed by atoms with Crippen LogP contribution < -0.4 is 0 Å². The fourth-order valence-electron chi connectivity index (χ4n) is 0.448. The summed E-state index contributed by atoms with van der Waals surface area (Å²) in [4.78, 5) is 3.98. The molecule has 10 heavy (non-hydrogen) atoms. The van der Waals surface area contributed by atoms with Crippen LogP contribution in [-0.2, 0) is 0 Å². The molecule has 0 N–H and O–H groups in total. The molecule has 0 aliphatic rings. The highest BCUT2D eigenvalue weighted by Gasteiger charge is 1.73. The average molecular weight is 137 g/mol. The highest BCUT2D eigenvalue weighted by atomic mass is 14.6. The zero-order valence-electron chi connectivity index (χ0n) is 6.96. The summed E-state index contributed by atoms with van der Waals surface area (Å²) in [5.74, 6) is 0. The Kier molecular flexibility index (Phi) is 5.74. The molecule has 1 rings (SSSR count). The van der Waals surface area contributed by atoms with Crippen LogP contribution >= 0.6 is 0 Å². The fourth-order valence-corrected chi connectivity index (χ4v) is 0.448. The van der Waals surface area contributed by atoms with Crippen molar-refractivity contribution in [2.45, 2.75) is 27.2 Å². The van der Waals surface area contributed by atoms with Gasteiger partial charge >= 0.3 is 0 Å². The molecule has 0 aliphatic heterocycles. The van der Waals surface area contributed by atoms with Gasteiger partial charge in [0.25, 0.3) is 0 Å². The second kappa shape index (κ2) is 6.27. The molecule has 0 saturated carbocycles. The quantitative estimate of drug-likeness (QED) is 0.535. The number of hydrogen-bond donors (Lipinski definition) is 0. The van der Waals surface area contributed by atoms with Crippen LogP contribution in [0.1, 0.15) is 26.0 Å². The van der Waals surface area contributed by atoms with Gasteiger partial charge in [-0.15, -0.1) is 0 Å². The summed E-state index contributed by atoms with van der Waals surface area (Å²) in [6.45, 7) is 6.22. The molecule has 1 aromatic heterocycles. The highest BCUT2D eigenvalue weighted by Crippen LogP contribution is 1.85. The van der Waals surface area contributed by atoms with E-state index in [1.165, 1.54) is 6.42 Å². The Morgan fingerprint density at radius 3 is 2.10 bits per heavy atom. The lowest BCUT2D eigenvalue weighted by molar-refractivity contribution is 1.09. The van der Waals surface area contributed by atoms with E-state index in [4.69, 9.17) is 0 Å². The van der Waals surface area contributed by atoms with Gasteiger partial charge in [-0.25, -0.2) is 0 Å². The van der Waals surface area contributed by atoms with E-state index in [-0.39, 0.29) is 0 Å². The van der Waals surface area contributed by atoms with Crippen LogP contribution in [0.15, 0.2) is 24.4 Å². The van der Waals surface area contributed by atoms with Gasteiger partial charge in [0.05, 0.1) is 0 Å². The maximum Gasteiger partial charge on any atom is 0.0372 e.